The van der Waals surface area contributed by atoms with Gasteiger partial charge in [0.05, 0.1) is 6.33 Å². The number of nitrogens with zero attached hydrogens (tertiary/aromatic N) is 6. The monoisotopic (exact) mass is 349 g/mol. The minimum absolute atomic E-state index is 0.564. The van der Waals surface area contributed by atoms with Gasteiger partial charge in [0.15, 0.2) is 11.5 Å². The van der Waals surface area contributed by atoms with Gasteiger partial charge in [0.1, 0.15) is 17.7 Å². The molecule has 0 bridgehead atoms. The predicted octanol–water partition coefficient (Wildman–Crippen LogP) is 3.08. The van der Waals surface area contributed by atoms with Crippen molar-refractivity contribution < 1.29 is 0 Å². The van der Waals surface area contributed by atoms with Crippen molar-refractivity contribution in [1.29, 1.82) is 0 Å². The summed E-state index contributed by atoms with van der Waals surface area (Å²) in [4.78, 5) is 20.5. The first kappa shape index (κ1) is 15.5. The van der Waals surface area contributed by atoms with Gasteiger partial charge in [-0.15, -0.1) is 0 Å². The fourth-order valence-corrected chi connectivity index (χ4v) is 3.72. The van der Waals surface area contributed by atoms with Crippen molar-refractivity contribution in [2.24, 2.45) is 0 Å². The molecule has 1 aliphatic heterocycles. The summed E-state index contributed by atoms with van der Waals surface area (Å²) in [6, 6.07) is 4.88. The molecular weight excluding hydrogens is 326 g/mol. The van der Waals surface area contributed by atoms with Gasteiger partial charge >= 0.3 is 0 Å². The van der Waals surface area contributed by atoms with Crippen LogP contribution < -0.4 is 10.2 Å². The molecule has 134 valence electrons. The Kier molecular flexibility index (Phi) is 3.72. The lowest BCUT2D eigenvalue weighted by Gasteiger charge is -2.18. The lowest BCUT2D eigenvalue weighted by atomic mass is 10.2. The molecule has 0 radical (unpaired) electrons. The molecule has 3 aromatic heterocycles. The van der Waals surface area contributed by atoms with Crippen LogP contribution >= 0.6 is 0 Å². The highest BCUT2D eigenvalue weighted by molar-refractivity contribution is 5.82. The minimum Gasteiger partial charge on any atom is -0.364 e. The van der Waals surface area contributed by atoms with Crippen molar-refractivity contribution in [3.63, 3.8) is 0 Å². The van der Waals surface area contributed by atoms with Gasteiger partial charge in [-0.25, -0.2) is 19.9 Å². The van der Waals surface area contributed by atoms with Crippen LogP contribution in [0, 0.1) is 6.92 Å². The first-order chi connectivity index (χ1) is 12.8. The molecule has 0 atom stereocenters. The average molecular weight is 349 g/mol. The molecule has 7 heteroatoms. The second kappa shape index (κ2) is 6.23. The fraction of sp³-hybridized carbons (Fsp3) is 0.474. The van der Waals surface area contributed by atoms with E-state index in [1.165, 1.54) is 31.2 Å². The van der Waals surface area contributed by atoms with Crippen LogP contribution in [0.4, 0.5) is 11.6 Å². The maximum Gasteiger partial charge on any atom is 0.165 e. The van der Waals surface area contributed by atoms with Crippen LogP contribution in [0.3, 0.4) is 0 Å². The number of aryl methyl sites for hydroxylation is 1. The Morgan fingerprint density at radius 3 is 2.77 bits per heavy atom. The van der Waals surface area contributed by atoms with Crippen molar-refractivity contribution in [3.05, 3.63) is 36.0 Å². The SMILES string of the molecule is Cc1cc(CNc2ncnc3c2ncn3C2CC2)cc(N2CCCC2)n1. The molecule has 3 aromatic rings. The Bertz CT molecular complexity index is 938. The van der Waals surface area contributed by atoms with Gasteiger partial charge in [0.2, 0.25) is 0 Å². The van der Waals surface area contributed by atoms with E-state index < -0.39 is 0 Å². The molecule has 7 nitrogen and oxygen atoms in total. The summed E-state index contributed by atoms with van der Waals surface area (Å²) in [7, 11) is 0. The number of nitrogens with one attached hydrogen (secondary N) is 1. The number of fused-ring (bicyclic) bond motifs is 1. The summed E-state index contributed by atoms with van der Waals surface area (Å²) < 4.78 is 2.17. The molecular formula is C19H23N7. The first-order valence-electron chi connectivity index (χ1n) is 9.42. The Morgan fingerprint density at radius 2 is 1.96 bits per heavy atom. The highest BCUT2D eigenvalue weighted by Gasteiger charge is 2.26. The largest absolute Gasteiger partial charge is 0.364 e. The van der Waals surface area contributed by atoms with E-state index in [9.17, 15) is 0 Å². The van der Waals surface area contributed by atoms with E-state index in [1.807, 2.05) is 6.33 Å². The van der Waals surface area contributed by atoms with Crippen LogP contribution in [0.15, 0.2) is 24.8 Å². The number of rotatable bonds is 5. The van der Waals surface area contributed by atoms with Gasteiger partial charge in [0, 0.05) is 31.4 Å². The van der Waals surface area contributed by atoms with Gasteiger partial charge in [-0.3, -0.25) is 0 Å². The number of aromatic nitrogens is 5. The first-order valence-corrected chi connectivity index (χ1v) is 9.42. The van der Waals surface area contributed by atoms with Crippen molar-refractivity contribution in [2.75, 3.05) is 23.3 Å². The summed E-state index contributed by atoms with van der Waals surface area (Å²) >= 11 is 0. The molecule has 0 aromatic carbocycles. The van der Waals surface area contributed by atoms with Crippen LogP contribution in [0.2, 0.25) is 0 Å². The second-order valence-electron chi connectivity index (χ2n) is 7.30. The Labute approximate surface area is 152 Å². The van der Waals surface area contributed by atoms with E-state index in [2.05, 4.69) is 48.8 Å². The van der Waals surface area contributed by atoms with E-state index in [0.717, 1.165) is 41.6 Å². The summed E-state index contributed by atoms with van der Waals surface area (Å²) in [6.07, 6.45) is 8.46. The maximum atomic E-state index is 4.71. The molecule has 1 saturated carbocycles. The van der Waals surface area contributed by atoms with E-state index in [0.29, 0.717) is 12.6 Å². The van der Waals surface area contributed by atoms with Gasteiger partial charge in [0.25, 0.3) is 0 Å². The van der Waals surface area contributed by atoms with Crippen LogP contribution in [0.5, 0.6) is 0 Å². The van der Waals surface area contributed by atoms with Gasteiger partial charge in [-0.05, 0) is 50.3 Å². The zero-order chi connectivity index (χ0) is 17.5. The summed E-state index contributed by atoms with van der Waals surface area (Å²) in [5.74, 6) is 1.89. The molecule has 0 unspecified atom stereocenters. The van der Waals surface area contributed by atoms with Gasteiger partial charge in [-0.1, -0.05) is 0 Å². The highest BCUT2D eigenvalue weighted by atomic mass is 15.2. The highest BCUT2D eigenvalue weighted by Crippen LogP contribution is 2.37. The maximum absolute atomic E-state index is 4.71. The predicted molar refractivity (Wildman–Crippen MR) is 101 cm³/mol. The quantitative estimate of drug-likeness (QED) is 0.763. The zero-order valence-electron chi connectivity index (χ0n) is 15.0. The molecule has 5 rings (SSSR count). The Morgan fingerprint density at radius 1 is 1.12 bits per heavy atom. The van der Waals surface area contributed by atoms with Crippen molar-refractivity contribution in [3.8, 4) is 0 Å². The minimum atomic E-state index is 0.564. The zero-order valence-corrected chi connectivity index (χ0v) is 15.0. The molecule has 1 saturated heterocycles. The van der Waals surface area contributed by atoms with Crippen LogP contribution in [-0.4, -0.2) is 37.6 Å². The second-order valence-corrected chi connectivity index (χ2v) is 7.30. The van der Waals surface area contributed by atoms with E-state index in [4.69, 9.17) is 4.98 Å². The topological polar surface area (TPSA) is 71.8 Å². The van der Waals surface area contributed by atoms with Gasteiger partial charge in [-0.2, -0.15) is 0 Å². The van der Waals surface area contributed by atoms with Crippen molar-refractivity contribution in [1.82, 2.24) is 24.5 Å². The number of hydrogen-bond donors (Lipinski definition) is 1. The number of pyridine rings is 1. The normalized spacial score (nSPS) is 17.2. The van der Waals surface area contributed by atoms with E-state index >= 15 is 0 Å². The van der Waals surface area contributed by atoms with Crippen LogP contribution in [0.1, 0.15) is 43.0 Å². The Hall–Kier alpha value is -2.70. The van der Waals surface area contributed by atoms with E-state index in [-0.39, 0.29) is 0 Å². The molecule has 0 spiro atoms. The third kappa shape index (κ3) is 2.87. The lowest BCUT2D eigenvalue weighted by Crippen LogP contribution is -2.19. The third-order valence-corrected chi connectivity index (χ3v) is 5.19. The number of hydrogen-bond acceptors (Lipinski definition) is 6. The molecule has 2 aliphatic rings. The van der Waals surface area contributed by atoms with Crippen molar-refractivity contribution in [2.45, 2.75) is 45.2 Å². The molecule has 26 heavy (non-hydrogen) atoms. The summed E-state index contributed by atoms with van der Waals surface area (Å²) in [5, 5.41) is 3.45. The third-order valence-electron chi connectivity index (χ3n) is 5.19. The van der Waals surface area contributed by atoms with E-state index in [1.54, 1.807) is 6.33 Å². The molecule has 2 fully saturated rings. The molecule has 4 heterocycles. The van der Waals surface area contributed by atoms with Crippen LogP contribution in [0.25, 0.3) is 11.2 Å². The fourth-order valence-electron chi connectivity index (χ4n) is 3.72. The number of imidazole rings is 1. The van der Waals surface area contributed by atoms with Gasteiger partial charge < -0.3 is 14.8 Å². The molecule has 0 amide bonds. The average Bonchev–Trinajstić information content (AvgIpc) is 3.17. The van der Waals surface area contributed by atoms with Crippen molar-refractivity contribution >= 4 is 22.8 Å². The summed E-state index contributed by atoms with van der Waals surface area (Å²) in [5.41, 5.74) is 4.04. The lowest BCUT2D eigenvalue weighted by molar-refractivity contribution is 0.756. The molecule has 1 aliphatic carbocycles. The van der Waals surface area contributed by atoms with Crippen LogP contribution in [-0.2, 0) is 6.54 Å². The molecule has 1 N–H and O–H groups in total. The number of anilines is 2. The Balaban J connectivity index is 1.38. The summed E-state index contributed by atoms with van der Waals surface area (Å²) in [6.45, 7) is 4.97. The smallest absolute Gasteiger partial charge is 0.165 e. The standard InChI is InChI=1S/C19H23N7/c1-13-8-14(9-16(24-13)25-6-2-3-7-25)10-20-18-17-19(22-11-21-18)26(12-23-17)15-4-5-15/h8-9,11-12,15H,2-7,10H2,1H3,(H,20,21,22).